The number of morpholine rings is 1. The number of ether oxygens (including phenoxy) is 1. The van der Waals surface area contributed by atoms with Crippen LogP contribution in [0.2, 0.25) is 0 Å². The van der Waals surface area contributed by atoms with Crippen LogP contribution in [0.4, 0.5) is 0 Å². The zero-order chi connectivity index (χ0) is 12.3. The number of hydrogen-bond acceptors (Lipinski definition) is 5. The van der Waals surface area contributed by atoms with Crippen LogP contribution in [-0.2, 0) is 11.3 Å². The third-order valence-corrected chi connectivity index (χ3v) is 2.71. The summed E-state index contributed by atoms with van der Waals surface area (Å²) in [4.78, 5) is 16.9. The minimum Gasteiger partial charge on any atom is -0.505 e. The Hall–Kier alpha value is -1.66. The van der Waals surface area contributed by atoms with Crippen molar-refractivity contribution in [2.45, 2.75) is 6.54 Å². The van der Waals surface area contributed by atoms with Gasteiger partial charge >= 0.3 is 5.97 Å². The summed E-state index contributed by atoms with van der Waals surface area (Å²) in [5, 5.41) is 18.7. The Labute approximate surface area is 98.5 Å². The topological polar surface area (TPSA) is 82.9 Å². The molecule has 2 heterocycles. The first-order valence-corrected chi connectivity index (χ1v) is 5.38. The average molecular weight is 238 g/mol. The van der Waals surface area contributed by atoms with Crippen molar-refractivity contribution >= 4 is 5.97 Å². The number of nitrogens with zero attached hydrogens (tertiary/aromatic N) is 2. The van der Waals surface area contributed by atoms with Gasteiger partial charge in [0.1, 0.15) is 5.56 Å². The summed E-state index contributed by atoms with van der Waals surface area (Å²) < 4.78 is 5.21. The third-order valence-electron chi connectivity index (χ3n) is 2.71. The molecule has 92 valence electrons. The molecule has 0 aliphatic carbocycles. The van der Waals surface area contributed by atoms with E-state index in [9.17, 15) is 9.90 Å². The Morgan fingerprint density at radius 1 is 1.47 bits per heavy atom. The van der Waals surface area contributed by atoms with Gasteiger partial charge in [0.2, 0.25) is 0 Å². The van der Waals surface area contributed by atoms with E-state index in [0.29, 0.717) is 25.5 Å². The predicted octanol–water partition coefficient (Wildman–Crippen LogP) is 0.318. The molecule has 1 aromatic rings. The Morgan fingerprint density at radius 3 is 2.82 bits per heavy atom. The van der Waals surface area contributed by atoms with Crippen LogP contribution in [0.25, 0.3) is 0 Å². The zero-order valence-corrected chi connectivity index (χ0v) is 9.30. The summed E-state index contributed by atoms with van der Waals surface area (Å²) in [5.74, 6) is -1.39. The highest BCUT2D eigenvalue weighted by Gasteiger charge is 2.17. The van der Waals surface area contributed by atoms with Gasteiger partial charge in [-0.1, -0.05) is 0 Å². The molecule has 17 heavy (non-hydrogen) atoms. The molecule has 0 amide bonds. The van der Waals surface area contributed by atoms with Crippen LogP contribution < -0.4 is 0 Å². The van der Waals surface area contributed by atoms with Crippen LogP contribution >= 0.6 is 0 Å². The first kappa shape index (κ1) is 11.8. The van der Waals surface area contributed by atoms with E-state index in [1.54, 1.807) is 0 Å². The van der Waals surface area contributed by atoms with E-state index in [1.165, 1.54) is 12.3 Å². The van der Waals surface area contributed by atoms with Gasteiger partial charge in [-0.2, -0.15) is 0 Å². The van der Waals surface area contributed by atoms with Crippen LogP contribution in [0, 0.1) is 0 Å². The van der Waals surface area contributed by atoms with Gasteiger partial charge in [-0.15, -0.1) is 0 Å². The maximum absolute atomic E-state index is 10.8. The van der Waals surface area contributed by atoms with E-state index >= 15 is 0 Å². The molecule has 0 aromatic carbocycles. The van der Waals surface area contributed by atoms with Gasteiger partial charge in [0.05, 0.1) is 18.9 Å². The lowest BCUT2D eigenvalue weighted by Crippen LogP contribution is -2.35. The van der Waals surface area contributed by atoms with Crippen molar-refractivity contribution < 1.29 is 19.7 Å². The highest BCUT2D eigenvalue weighted by atomic mass is 16.5. The fourth-order valence-corrected chi connectivity index (χ4v) is 1.76. The number of aromatic nitrogens is 1. The Balaban J connectivity index is 2.15. The quantitative estimate of drug-likeness (QED) is 0.789. The van der Waals surface area contributed by atoms with E-state index in [2.05, 4.69) is 9.88 Å². The lowest BCUT2D eigenvalue weighted by atomic mass is 10.2. The van der Waals surface area contributed by atoms with Crippen molar-refractivity contribution in [1.29, 1.82) is 0 Å². The molecular formula is C11H14N2O4. The lowest BCUT2D eigenvalue weighted by molar-refractivity contribution is 0.0332. The molecule has 2 rings (SSSR count). The summed E-state index contributed by atoms with van der Waals surface area (Å²) in [6, 6.07) is 1.29. The fourth-order valence-electron chi connectivity index (χ4n) is 1.76. The Bertz CT molecular complexity index is 416. The first-order valence-electron chi connectivity index (χ1n) is 5.38. The molecule has 0 atom stereocenters. The molecule has 6 nitrogen and oxygen atoms in total. The summed E-state index contributed by atoms with van der Waals surface area (Å²) >= 11 is 0. The monoisotopic (exact) mass is 238 g/mol. The number of pyridine rings is 1. The standard InChI is InChI=1S/C11H14N2O4/c14-10-8(11(15)16)1-2-12-9(10)7-13-3-5-17-6-4-13/h1-2,14H,3-7H2,(H,15,16). The number of rotatable bonds is 3. The average Bonchev–Trinajstić information content (AvgIpc) is 2.33. The van der Waals surface area contributed by atoms with Gasteiger partial charge < -0.3 is 14.9 Å². The van der Waals surface area contributed by atoms with Crippen molar-refractivity contribution in [2.24, 2.45) is 0 Å². The lowest BCUT2D eigenvalue weighted by Gasteiger charge is -2.26. The van der Waals surface area contributed by atoms with Crippen LogP contribution in [-0.4, -0.2) is 52.4 Å². The second-order valence-electron chi connectivity index (χ2n) is 3.85. The second kappa shape index (κ2) is 5.11. The summed E-state index contributed by atoms with van der Waals surface area (Å²) in [5.41, 5.74) is 0.287. The van der Waals surface area contributed by atoms with E-state index in [4.69, 9.17) is 9.84 Å². The van der Waals surface area contributed by atoms with E-state index in [0.717, 1.165) is 13.1 Å². The molecule has 2 N–H and O–H groups in total. The smallest absolute Gasteiger partial charge is 0.339 e. The molecule has 0 spiro atoms. The predicted molar refractivity (Wildman–Crippen MR) is 59.0 cm³/mol. The van der Waals surface area contributed by atoms with E-state index in [1.807, 2.05) is 0 Å². The maximum atomic E-state index is 10.8. The van der Waals surface area contributed by atoms with Gasteiger partial charge in [-0.3, -0.25) is 9.88 Å². The second-order valence-corrected chi connectivity index (χ2v) is 3.85. The fraction of sp³-hybridized carbons (Fsp3) is 0.455. The molecule has 1 aliphatic heterocycles. The Morgan fingerprint density at radius 2 is 2.18 bits per heavy atom. The summed E-state index contributed by atoms with van der Waals surface area (Å²) in [6.45, 7) is 3.27. The van der Waals surface area contributed by atoms with Gasteiger partial charge in [-0.25, -0.2) is 4.79 Å². The number of carbonyl (C=O) groups is 1. The first-order chi connectivity index (χ1) is 8.18. The number of carboxylic acids is 1. The molecule has 0 unspecified atom stereocenters. The van der Waals surface area contributed by atoms with E-state index in [-0.39, 0.29) is 11.3 Å². The molecule has 6 heteroatoms. The summed E-state index contributed by atoms with van der Waals surface area (Å²) in [6.07, 6.45) is 1.40. The Kier molecular flexibility index (Phi) is 3.55. The highest BCUT2D eigenvalue weighted by Crippen LogP contribution is 2.21. The van der Waals surface area contributed by atoms with Crippen LogP contribution in [0.5, 0.6) is 5.75 Å². The summed E-state index contributed by atoms with van der Waals surface area (Å²) in [7, 11) is 0. The van der Waals surface area contributed by atoms with Gasteiger partial charge in [0.25, 0.3) is 0 Å². The normalized spacial score (nSPS) is 16.9. The van der Waals surface area contributed by atoms with Crippen LogP contribution in [0.15, 0.2) is 12.3 Å². The zero-order valence-electron chi connectivity index (χ0n) is 9.30. The minimum absolute atomic E-state index is 0.108. The van der Waals surface area contributed by atoms with E-state index < -0.39 is 5.97 Å². The molecule has 1 aromatic heterocycles. The minimum atomic E-state index is -1.15. The number of aromatic carboxylic acids is 1. The molecule has 1 fully saturated rings. The molecular weight excluding hydrogens is 224 g/mol. The van der Waals surface area contributed by atoms with Gasteiger partial charge in [0, 0.05) is 25.8 Å². The van der Waals surface area contributed by atoms with Crippen molar-refractivity contribution in [2.75, 3.05) is 26.3 Å². The SMILES string of the molecule is O=C(O)c1ccnc(CN2CCOCC2)c1O. The largest absolute Gasteiger partial charge is 0.505 e. The molecule has 1 aliphatic rings. The third kappa shape index (κ3) is 2.72. The van der Waals surface area contributed by atoms with Crippen LogP contribution in [0.3, 0.4) is 0 Å². The highest BCUT2D eigenvalue weighted by molar-refractivity contribution is 5.90. The van der Waals surface area contributed by atoms with Crippen molar-refractivity contribution in [3.63, 3.8) is 0 Å². The molecule has 0 radical (unpaired) electrons. The number of carboxylic acid groups (broad SMARTS) is 1. The van der Waals surface area contributed by atoms with Gasteiger partial charge in [-0.05, 0) is 6.07 Å². The van der Waals surface area contributed by atoms with Crippen LogP contribution in [0.1, 0.15) is 16.1 Å². The number of aromatic hydroxyl groups is 1. The van der Waals surface area contributed by atoms with Gasteiger partial charge in [0.15, 0.2) is 5.75 Å². The number of hydrogen-bond donors (Lipinski definition) is 2. The molecule has 0 bridgehead atoms. The molecule has 0 saturated carbocycles. The van der Waals surface area contributed by atoms with Crippen molar-refractivity contribution in [3.05, 3.63) is 23.5 Å². The molecule has 1 saturated heterocycles. The maximum Gasteiger partial charge on any atom is 0.339 e. The van der Waals surface area contributed by atoms with Crippen molar-refractivity contribution in [3.8, 4) is 5.75 Å². The van der Waals surface area contributed by atoms with Crippen molar-refractivity contribution in [1.82, 2.24) is 9.88 Å².